The summed E-state index contributed by atoms with van der Waals surface area (Å²) in [7, 11) is 0. The fourth-order valence-electron chi connectivity index (χ4n) is 3.30. The first-order chi connectivity index (χ1) is 9.19. The summed E-state index contributed by atoms with van der Waals surface area (Å²) in [6.45, 7) is 2.27. The lowest BCUT2D eigenvalue weighted by molar-refractivity contribution is 0.0728. The highest BCUT2D eigenvalue weighted by atomic mass is 79.9. The minimum absolute atomic E-state index is 0.163. The van der Waals surface area contributed by atoms with Gasteiger partial charge in [0.05, 0.1) is 6.10 Å². The Morgan fingerprint density at radius 2 is 1.79 bits per heavy atom. The Balaban J connectivity index is 1.81. The van der Waals surface area contributed by atoms with Crippen molar-refractivity contribution in [2.75, 3.05) is 0 Å². The zero-order valence-electron chi connectivity index (χ0n) is 11.8. The van der Waals surface area contributed by atoms with Crippen molar-refractivity contribution in [2.24, 2.45) is 11.8 Å². The monoisotopic (exact) mass is 324 g/mol. The van der Waals surface area contributed by atoms with Crippen LogP contribution in [0.3, 0.4) is 0 Å². The van der Waals surface area contributed by atoms with E-state index in [1.54, 1.807) is 0 Å². The van der Waals surface area contributed by atoms with Crippen molar-refractivity contribution in [1.29, 1.82) is 0 Å². The Morgan fingerprint density at radius 1 is 1.16 bits per heavy atom. The predicted octanol–water partition coefficient (Wildman–Crippen LogP) is 4.96. The number of hydrogen-bond donors (Lipinski definition) is 1. The van der Waals surface area contributed by atoms with E-state index in [2.05, 4.69) is 47.1 Å². The summed E-state index contributed by atoms with van der Waals surface area (Å²) in [6.07, 6.45) is 8.36. The molecule has 19 heavy (non-hydrogen) atoms. The van der Waals surface area contributed by atoms with E-state index in [4.69, 9.17) is 0 Å². The van der Waals surface area contributed by atoms with Crippen molar-refractivity contribution in [1.82, 2.24) is 0 Å². The van der Waals surface area contributed by atoms with E-state index in [0.29, 0.717) is 5.92 Å². The van der Waals surface area contributed by atoms with E-state index >= 15 is 0 Å². The molecule has 0 heterocycles. The van der Waals surface area contributed by atoms with Crippen LogP contribution in [-0.4, -0.2) is 11.2 Å². The average Bonchev–Trinajstić information content (AvgIpc) is 2.42. The van der Waals surface area contributed by atoms with Crippen molar-refractivity contribution in [3.05, 3.63) is 34.3 Å². The standard InChI is InChI=1S/C17H25BrO/c1-2-3-13-4-8-15(9-5-13)17(19)12-14-6-10-16(18)11-7-14/h6-7,10-11,13,15,17,19H,2-5,8-9,12H2,1H3. The highest BCUT2D eigenvalue weighted by Crippen LogP contribution is 2.34. The SMILES string of the molecule is CCCC1CCC(C(O)Cc2ccc(Br)cc2)CC1. The van der Waals surface area contributed by atoms with Crippen molar-refractivity contribution in [2.45, 2.75) is 58.0 Å². The molecule has 1 aromatic carbocycles. The van der Waals surface area contributed by atoms with Gasteiger partial charge in [0.2, 0.25) is 0 Å². The molecule has 1 N–H and O–H groups in total. The first-order valence-corrected chi connectivity index (χ1v) is 8.41. The van der Waals surface area contributed by atoms with Crippen LogP contribution in [0.25, 0.3) is 0 Å². The molecule has 1 atom stereocenters. The van der Waals surface area contributed by atoms with E-state index in [-0.39, 0.29) is 6.10 Å². The lowest BCUT2D eigenvalue weighted by Crippen LogP contribution is -2.27. The topological polar surface area (TPSA) is 20.2 Å². The number of halogens is 1. The molecule has 1 aliphatic carbocycles. The zero-order valence-corrected chi connectivity index (χ0v) is 13.4. The summed E-state index contributed by atoms with van der Waals surface area (Å²) in [5, 5.41) is 10.4. The fourth-order valence-corrected chi connectivity index (χ4v) is 3.56. The molecule has 1 fully saturated rings. The molecule has 2 heteroatoms. The van der Waals surface area contributed by atoms with Crippen LogP contribution >= 0.6 is 15.9 Å². The first kappa shape index (κ1) is 15.1. The second-order valence-electron chi connectivity index (χ2n) is 5.97. The molecule has 0 aliphatic heterocycles. The van der Waals surface area contributed by atoms with Crippen LogP contribution in [0.4, 0.5) is 0 Å². The third-order valence-electron chi connectivity index (χ3n) is 4.49. The van der Waals surface area contributed by atoms with Crippen LogP contribution in [-0.2, 0) is 6.42 Å². The largest absolute Gasteiger partial charge is 0.392 e. The van der Waals surface area contributed by atoms with Gasteiger partial charge < -0.3 is 5.11 Å². The predicted molar refractivity (Wildman–Crippen MR) is 84.2 cm³/mol. The third kappa shape index (κ3) is 4.61. The van der Waals surface area contributed by atoms with Crippen LogP contribution in [0.15, 0.2) is 28.7 Å². The summed E-state index contributed by atoms with van der Waals surface area (Å²) in [4.78, 5) is 0. The molecule has 0 radical (unpaired) electrons. The highest BCUT2D eigenvalue weighted by molar-refractivity contribution is 9.10. The van der Waals surface area contributed by atoms with Gasteiger partial charge >= 0.3 is 0 Å². The normalized spacial score (nSPS) is 25.2. The quantitative estimate of drug-likeness (QED) is 0.811. The molecule has 0 saturated heterocycles. The van der Waals surface area contributed by atoms with Crippen molar-refractivity contribution < 1.29 is 5.11 Å². The third-order valence-corrected chi connectivity index (χ3v) is 5.02. The summed E-state index contributed by atoms with van der Waals surface area (Å²) in [5.74, 6) is 1.43. The van der Waals surface area contributed by atoms with Gasteiger partial charge in [0.25, 0.3) is 0 Å². The second-order valence-corrected chi connectivity index (χ2v) is 6.88. The van der Waals surface area contributed by atoms with Gasteiger partial charge in [-0.05, 0) is 48.8 Å². The van der Waals surface area contributed by atoms with E-state index in [0.717, 1.165) is 16.8 Å². The lowest BCUT2D eigenvalue weighted by Gasteiger charge is -2.31. The Kier molecular flexibility index (Phi) is 5.90. The molecular weight excluding hydrogens is 300 g/mol. The minimum atomic E-state index is -0.163. The van der Waals surface area contributed by atoms with Crippen molar-refractivity contribution in [3.63, 3.8) is 0 Å². The van der Waals surface area contributed by atoms with Gasteiger partial charge in [-0.25, -0.2) is 0 Å². The minimum Gasteiger partial charge on any atom is -0.392 e. The zero-order chi connectivity index (χ0) is 13.7. The number of rotatable bonds is 5. The maximum atomic E-state index is 10.4. The van der Waals surface area contributed by atoms with Gasteiger partial charge in [-0.2, -0.15) is 0 Å². The van der Waals surface area contributed by atoms with Crippen LogP contribution in [0.2, 0.25) is 0 Å². The number of aliphatic hydroxyl groups is 1. The smallest absolute Gasteiger partial charge is 0.0608 e. The van der Waals surface area contributed by atoms with Gasteiger partial charge in [0, 0.05) is 4.47 Å². The molecule has 1 aromatic rings. The Hall–Kier alpha value is -0.340. The van der Waals surface area contributed by atoms with Crippen molar-refractivity contribution in [3.8, 4) is 0 Å². The molecule has 0 spiro atoms. The molecule has 1 unspecified atom stereocenters. The number of hydrogen-bond acceptors (Lipinski definition) is 1. The van der Waals surface area contributed by atoms with Gasteiger partial charge in [-0.15, -0.1) is 0 Å². The maximum Gasteiger partial charge on any atom is 0.0608 e. The number of aliphatic hydroxyl groups excluding tert-OH is 1. The Bertz CT molecular complexity index is 365. The molecule has 0 amide bonds. The Morgan fingerprint density at radius 3 is 2.37 bits per heavy atom. The molecule has 1 aliphatic rings. The lowest BCUT2D eigenvalue weighted by atomic mass is 9.77. The van der Waals surface area contributed by atoms with E-state index in [1.807, 2.05) is 0 Å². The van der Waals surface area contributed by atoms with Gasteiger partial charge in [-0.3, -0.25) is 0 Å². The van der Waals surface area contributed by atoms with E-state index in [9.17, 15) is 5.11 Å². The maximum absolute atomic E-state index is 10.4. The molecule has 0 aromatic heterocycles. The molecular formula is C17H25BrO. The summed E-state index contributed by atoms with van der Waals surface area (Å²) in [6, 6.07) is 8.33. The molecule has 106 valence electrons. The average molecular weight is 325 g/mol. The van der Waals surface area contributed by atoms with Gasteiger partial charge in [0.15, 0.2) is 0 Å². The van der Waals surface area contributed by atoms with Crippen LogP contribution in [0.5, 0.6) is 0 Å². The molecule has 1 nitrogen and oxygen atoms in total. The van der Waals surface area contributed by atoms with E-state index in [1.165, 1.54) is 44.1 Å². The van der Waals surface area contributed by atoms with Crippen LogP contribution < -0.4 is 0 Å². The molecule has 1 saturated carbocycles. The van der Waals surface area contributed by atoms with Gasteiger partial charge in [-0.1, -0.05) is 60.7 Å². The Labute approximate surface area is 125 Å². The summed E-state index contributed by atoms with van der Waals surface area (Å²) in [5.41, 5.74) is 1.24. The van der Waals surface area contributed by atoms with Gasteiger partial charge in [0.1, 0.15) is 0 Å². The first-order valence-electron chi connectivity index (χ1n) is 7.61. The highest BCUT2D eigenvalue weighted by Gasteiger charge is 2.25. The molecule has 0 bridgehead atoms. The van der Waals surface area contributed by atoms with E-state index < -0.39 is 0 Å². The van der Waals surface area contributed by atoms with Crippen LogP contribution in [0.1, 0.15) is 51.0 Å². The second kappa shape index (κ2) is 7.44. The molecule has 2 rings (SSSR count). The van der Waals surface area contributed by atoms with Crippen LogP contribution in [0, 0.1) is 11.8 Å². The number of benzene rings is 1. The summed E-state index contributed by atoms with van der Waals surface area (Å²) >= 11 is 3.45. The van der Waals surface area contributed by atoms with Crippen molar-refractivity contribution >= 4 is 15.9 Å². The fraction of sp³-hybridized carbons (Fsp3) is 0.647. The summed E-state index contributed by atoms with van der Waals surface area (Å²) < 4.78 is 1.10.